The summed E-state index contributed by atoms with van der Waals surface area (Å²) in [4.78, 5) is 24.5. The van der Waals surface area contributed by atoms with Crippen molar-refractivity contribution >= 4 is 34.5 Å². The molecule has 0 saturated carbocycles. The Balaban J connectivity index is 1.63. The highest BCUT2D eigenvalue weighted by molar-refractivity contribution is 7.10. The van der Waals surface area contributed by atoms with E-state index in [0.717, 1.165) is 5.56 Å². The lowest BCUT2D eigenvalue weighted by Gasteiger charge is -2.25. The second-order valence-corrected chi connectivity index (χ2v) is 7.04. The lowest BCUT2D eigenvalue weighted by atomic mass is 9.98. The Labute approximate surface area is 152 Å². The fraction of sp³-hybridized carbons (Fsp3) is 0.176. The maximum atomic E-state index is 12.0. The van der Waals surface area contributed by atoms with Crippen molar-refractivity contribution in [2.45, 2.75) is 12.1 Å². The van der Waals surface area contributed by atoms with E-state index in [1.165, 1.54) is 28.9 Å². The molecule has 0 aliphatic rings. The molecule has 3 aromatic rings. The number of rotatable bonds is 6. The summed E-state index contributed by atoms with van der Waals surface area (Å²) in [7, 11) is 0. The van der Waals surface area contributed by atoms with Crippen LogP contribution in [0.5, 0.6) is 0 Å². The van der Waals surface area contributed by atoms with Gasteiger partial charge in [0.2, 0.25) is 0 Å². The molecule has 25 heavy (non-hydrogen) atoms. The van der Waals surface area contributed by atoms with Crippen LogP contribution >= 0.6 is 22.7 Å². The molecule has 8 heteroatoms. The first-order valence-corrected chi connectivity index (χ1v) is 9.29. The zero-order valence-electron chi connectivity index (χ0n) is 13.1. The average Bonchev–Trinajstić information content (AvgIpc) is 3.38. The van der Waals surface area contributed by atoms with E-state index in [9.17, 15) is 14.7 Å². The molecular formula is C17H16N2O4S2. The lowest BCUT2D eigenvalue weighted by molar-refractivity contribution is -0.139. The number of furan rings is 1. The first-order chi connectivity index (χ1) is 12.1. The topological polar surface area (TPSA) is 91.6 Å². The minimum atomic E-state index is -1.53. The van der Waals surface area contributed by atoms with Crippen molar-refractivity contribution in [3.8, 4) is 0 Å². The van der Waals surface area contributed by atoms with Crippen molar-refractivity contribution in [1.82, 2.24) is 10.6 Å². The maximum absolute atomic E-state index is 12.0. The van der Waals surface area contributed by atoms with Crippen molar-refractivity contribution in [3.63, 3.8) is 0 Å². The molecule has 3 N–H and O–H groups in total. The summed E-state index contributed by atoms with van der Waals surface area (Å²) in [6.45, 7) is 0.106. The van der Waals surface area contributed by atoms with Gasteiger partial charge < -0.3 is 20.2 Å². The minimum Gasteiger partial charge on any atom is -0.466 e. The standard InChI is InChI=1S/C17H16N2O4S2/c20-15(18-9-12-5-8-24-10-12)16(21)19-11-17(22,13-3-1-6-23-13)14-4-2-7-25-14/h1-8,10,22H,9,11H2,(H,18,20)(H,19,21). The van der Waals surface area contributed by atoms with Crippen LogP contribution in [0.2, 0.25) is 0 Å². The average molecular weight is 376 g/mol. The van der Waals surface area contributed by atoms with E-state index in [1.54, 1.807) is 24.3 Å². The highest BCUT2D eigenvalue weighted by Gasteiger charge is 2.36. The van der Waals surface area contributed by atoms with Crippen LogP contribution in [0.3, 0.4) is 0 Å². The van der Waals surface area contributed by atoms with Crippen molar-refractivity contribution in [2.75, 3.05) is 6.54 Å². The molecule has 0 aliphatic heterocycles. The molecule has 130 valence electrons. The summed E-state index contributed by atoms with van der Waals surface area (Å²) < 4.78 is 5.32. The maximum Gasteiger partial charge on any atom is 0.309 e. The molecule has 0 aromatic carbocycles. The third-order valence-corrected chi connectivity index (χ3v) is 5.35. The minimum absolute atomic E-state index is 0.175. The van der Waals surface area contributed by atoms with E-state index in [-0.39, 0.29) is 13.1 Å². The molecule has 0 fully saturated rings. The summed E-state index contributed by atoms with van der Waals surface area (Å²) in [5, 5.41) is 21.6. The van der Waals surface area contributed by atoms with Crippen LogP contribution in [0.4, 0.5) is 0 Å². The molecular weight excluding hydrogens is 360 g/mol. The number of thiophene rings is 2. The van der Waals surface area contributed by atoms with E-state index in [0.29, 0.717) is 10.6 Å². The van der Waals surface area contributed by atoms with Gasteiger partial charge in [0.25, 0.3) is 0 Å². The Morgan fingerprint density at radius 2 is 1.96 bits per heavy atom. The molecule has 0 aliphatic carbocycles. The van der Waals surface area contributed by atoms with E-state index >= 15 is 0 Å². The van der Waals surface area contributed by atoms with Gasteiger partial charge in [-0.2, -0.15) is 11.3 Å². The Hall–Kier alpha value is -2.42. The fourth-order valence-corrected chi connectivity index (χ4v) is 3.76. The summed E-state index contributed by atoms with van der Waals surface area (Å²) in [5.74, 6) is -1.26. The number of aliphatic hydroxyl groups is 1. The van der Waals surface area contributed by atoms with Crippen LogP contribution in [0.1, 0.15) is 16.2 Å². The molecule has 0 saturated heterocycles. The number of nitrogens with one attached hydrogen (secondary N) is 2. The molecule has 3 rings (SSSR count). The molecule has 1 atom stereocenters. The normalized spacial score (nSPS) is 13.2. The van der Waals surface area contributed by atoms with Crippen LogP contribution in [-0.2, 0) is 21.7 Å². The summed E-state index contributed by atoms with van der Waals surface area (Å²) >= 11 is 2.85. The van der Waals surface area contributed by atoms with E-state index < -0.39 is 17.4 Å². The predicted molar refractivity (Wildman–Crippen MR) is 95.2 cm³/mol. The molecule has 3 heterocycles. The quantitative estimate of drug-likeness (QED) is 0.575. The van der Waals surface area contributed by atoms with Gasteiger partial charge in [0.1, 0.15) is 5.76 Å². The van der Waals surface area contributed by atoms with Gasteiger partial charge in [-0.25, -0.2) is 0 Å². The zero-order chi connectivity index (χ0) is 17.7. The van der Waals surface area contributed by atoms with Crippen LogP contribution < -0.4 is 10.6 Å². The second-order valence-electron chi connectivity index (χ2n) is 5.31. The number of carbonyl (C=O) groups excluding carboxylic acids is 2. The summed E-state index contributed by atoms with van der Waals surface area (Å²) in [6, 6.07) is 8.69. The Kier molecular flexibility index (Phi) is 5.32. The highest BCUT2D eigenvalue weighted by atomic mass is 32.1. The molecule has 3 aromatic heterocycles. The molecule has 6 nitrogen and oxygen atoms in total. The van der Waals surface area contributed by atoms with Crippen molar-refractivity contribution in [3.05, 3.63) is 68.9 Å². The smallest absolute Gasteiger partial charge is 0.309 e. The van der Waals surface area contributed by atoms with Gasteiger partial charge in [-0.3, -0.25) is 9.59 Å². The van der Waals surface area contributed by atoms with Gasteiger partial charge in [0.15, 0.2) is 5.60 Å². The van der Waals surface area contributed by atoms with Gasteiger partial charge in [0, 0.05) is 11.4 Å². The SMILES string of the molecule is O=C(NCc1ccsc1)C(=O)NCC(O)(c1ccco1)c1cccs1. The molecule has 2 amide bonds. The number of hydrogen-bond donors (Lipinski definition) is 3. The van der Waals surface area contributed by atoms with Gasteiger partial charge in [-0.1, -0.05) is 6.07 Å². The molecule has 0 bridgehead atoms. The number of carbonyl (C=O) groups is 2. The summed E-state index contributed by atoms with van der Waals surface area (Å²) in [6.07, 6.45) is 1.45. The van der Waals surface area contributed by atoms with Gasteiger partial charge >= 0.3 is 11.8 Å². The van der Waals surface area contributed by atoms with Crippen LogP contribution in [0.25, 0.3) is 0 Å². The van der Waals surface area contributed by atoms with Crippen LogP contribution in [0, 0.1) is 0 Å². The van der Waals surface area contributed by atoms with E-state index in [1.807, 2.05) is 22.2 Å². The van der Waals surface area contributed by atoms with Crippen molar-refractivity contribution < 1.29 is 19.1 Å². The van der Waals surface area contributed by atoms with Gasteiger partial charge in [-0.15, -0.1) is 11.3 Å². The number of amides is 2. The third kappa shape index (κ3) is 3.98. The monoisotopic (exact) mass is 376 g/mol. The molecule has 0 spiro atoms. The Morgan fingerprint density at radius 1 is 1.12 bits per heavy atom. The first kappa shape index (κ1) is 17.4. The van der Waals surface area contributed by atoms with Crippen LogP contribution in [0.15, 0.2) is 57.2 Å². The Bertz CT molecular complexity index is 777. The third-order valence-electron chi connectivity index (χ3n) is 3.60. The van der Waals surface area contributed by atoms with Gasteiger partial charge in [0.05, 0.1) is 12.8 Å². The first-order valence-electron chi connectivity index (χ1n) is 7.47. The van der Waals surface area contributed by atoms with Gasteiger partial charge in [-0.05, 0) is 46.0 Å². The lowest BCUT2D eigenvalue weighted by Crippen LogP contribution is -2.46. The highest BCUT2D eigenvalue weighted by Crippen LogP contribution is 2.32. The summed E-state index contributed by atoms with van der Waals surface area (Å²) in [5.41, 5.74) is -0.599. The predicted octanol–water partition coefficient (Wildman–Crippen LogP) is 2.07. The van der Waals surface area contributed by atoms with Crippen LogP contribution in [-0.4, -0.2) is 23.5 Å². The van der Waals surface area contributed by atoms with Crippen molar-refractivity contribution in [1.29, 1.82) is 0 Å². The van der Waals surface area contributed by atoms with Crippen molar-refractivity contribution in [2.24, 2.45) is 0 Å². The zero-order valence-corrected chi connectivity index (χ0v) is 14.7. The molecule has 1 unspecified atom stereocenters. The second kappa shape index (κ2) is 7.64. The van der Waals surface area contributed by atoms with E-state index in [2.05, 4.69) is 10.6 Å². The fourth-order valence-electron chi connectivity index (χ4n) is 2.27. The van der Waals surface area contributed by atoms with E-state index in [4.69, 9.17) is 4.42 Å². The molecule has 0 radical (unpaired) electrons. The Morgan fingerprint density at radius 3 is 2.60 bits per heavy atom. The largest absolute Gasteiger partial charge is 0.466 e. The number of hydrogen-bond acceptors (Lipinski definition) is 6.